The topological polar surface area (TPSA) is 181 Å². The maximum atomic E-state index is 14.3. The van der Waals surface area contributed by atoms with E-state index in [1.807, 2.05) is 43.3 Å². The van der Waals surface area contributed by atoms with E-state index in [0.717, 1.165) is 24.0 Å². The van der Waals surface area contributed by atoms with E-state index < -0.39 is 75.2 Å². The largest absolute Gasteiger partial charge is 0.444 e. The van der Waals surface area contributed by atoms with Crippen molar-refractivity contribution in [1.82, 2.24) is 25.2 Å². The van der Waals surface area contributed by atoms with Gasteiger partial charge in [-0.25, -0.2) is 18.0 Å². The number of sulfonamides is 1. The van der Waals surface area contributed by atoms with Gasteiger partial charge in [-0.3, -0.25) is 19.1 Å². The first-order valence-electron chi connectivity index (χ1n) is 18.5. The highest BCUT2D eigenvalue weighted by atomic mass is 32.2. The number of carbonyl (C=O) groups excluding carboxylic acids is 5. The van der Waals surface area contributed by atoms with Crippen molar-refractivity contribution in [1.29, 1.82) is 0 Å². The third kappa shape index (κ3) is 9.84. The molecule has 0 unspecified atom stereocenters. The maximum absolute atomic E-state index is 14.3. The summed E-state index contributed by atoms with van der Waals surface area (Å²) in [5, 5.41) is 5.52. The van der Waals surface area contributed by atoms with Crippen LogP contribution in [0.4, 0.5) is 9.59 Å². The van der Waals surface area contributed by atoms with Crippen molar-refractivity contribution in [2.45, 2.75) is 128 Å². The van der Waals surface area contributed by atoms with Crippen LogP contribution in [0.5, 0.6) is 0 Å². The Morgan fingerprint density at radius 2 is 1.83 bits per heavy atom. The summed E-state index contributed by atoms with van der Waals surface area (Å²) in [5.41, 5.74) is -0.174. The molecule has 1 saturated heterocycles. The highest BCUT2D eigenvalue weighted by molar-refractivity contribution is 7.90. The first-order valence-corrected chi connectivity index (χ1v) is 20.1. The van der Waals surface area contributed by atoms with Crippen molar-refractivity contribution in [3.05, 3.63) is 47.5 Å². The molecule has 4 aliphatic rings. The molecule has 5 atom stereocenters. The Bertz CT molecular complexity index is 1660. The molecule has 3 N–H and O–H groups in total. The van der Waals surface area contributed by atoms with Crippen molar-refractivity contribution in [3.8, 4) is 0 Å². The number of unbranched alkanes of at least 4 members (excludes halogenated alkanes) is 1. The van der Waals surface area contributed by atoms with Crippen LogP contribution in [0.25, 0.3) is 0 Å². The minimum Gasteiger partial charge on any atom is -0.444 e. The van der Waals surface area contributed by atoms with E-state index in [2.05, 4.69) is 15.4 Å². The summed E-state index contributed by atoms with van der Waals surface area (Å²) in [6.45, 7) is 7.68. The predicted octanol–water partition coefficient (Wildman–Crippen LogP) is 3.69. The molecule has 2 fully saturated rings. The Labute approximate surface area is 306 Å². The van der Waals surface area contributed by atoms with Crippen molar-refractivity contribution in [2.24, 2.45) is 5.92 Å². The van der Waals surface area contributed by atoms with Crippen LogP contribution >= 0.6 is 0 Å². The van der Waals surface area contributed by atoms with E-state index in [4.69, 9.17) is 9.47 Å². The van der Waals surface area contributed by atoms with E-state index in [0.29, 0.717) is 45.2 Å². The van der Waals surface area contributed by atoms with Crippen LogP contribution in [0.1, 0.15) is 96.6 Å². The Kier molecular flexibility index (Phi) is 12.2. The van der Waals surface area contributed by atoms with Crippen LogP contribution < -0.4 is 15.4 Å². The highest BCUT2D eigenvalue weighted by Crippen LogP contribution is 2.45. The lowest BCUT2D eigenvalue weighted by Crippen LogP contribution is -2.58. The van der Waals surface area contributed by atoms with Crippen LogP contribution in [-0.2, 0) is 46.8 Å². The van der Waals surface area contributed by atoms with Crippen LogP contribution in [0.3, 0.4) is 0 Å². The zero-order valence-corrected chi connectivity index (χ0v) is 31.5. The van der Waals surface area contributed by atoms with Crippen LogP contribution in [0.15, 0.2) is 36.4 Å². The van der Waals surface area contributed by atoms with Gasteiger partial charge in [0, 0.05) is 25.4 Å². The van der Waals surface area contributed by atoms with Gasteiger partial charge in [-0.2, -0.15) is 0 Å². The molecule has 0 spiro atoms. The maximum Gasteiger partial charge on any atom is 0.410 e. The zero-order valence-electron chi connectivity index (χ0n) is 30.6. The monoisotopic (exact) mass is 743 g/mol. The smallest absolute Gasteiger partial charge is 0.410 e. The van der Waals surface area contributed by atoms with Gasteiger partial charge in [0.2, 0.25) is 21.8 Å². The second kappa shape index (κ2) is 16.3. The molecule has 0 bridgehead atoms. The number of nitrogens with zero attached hydrogens (tertiary/aromatic N) is 2. The van der Waals surface area contributed by atoms with Gasteiger partial charge < -0.3 is 29.9 Å². The number of carbonyl (C=O) groups is 5. The first kappa shape index (κ1) is 39.1. The molecule has 3 heterocycles. The lowest BCUT2D eigenvalue weighted by Gasteiger charge is -2.30. The molecule has 5 rings (SSSR count). The van der Waals surface area contributed by atoms with Gasteiger partial charge in [-0.15, -0.1) is 0 Å². The molecule has 15 heteroatoms. The molecule has 286 valence electrons. The number of nitrogens with one attached hydrogen (secondary N) is 3. The third-order valence-electron chi connectivity index (χ3n) is 10.0. The summed E-state index contributed by atoms with van der Waals surface area (Å²) in [6, 6.07) is 5.65. The molecular formula is C37H53N5O9S. The fourth-order valence-corrected chi connectivity index (χ4v) is 8.34. The van der Waals surface area contributed by atoms with E-state index >= 15 is 0 Å². The van der Waals surface area contributed by atoms with Crippen molar-refractivity contribution in [2.75, 3.05) is 18.8 Å². The Balaban J connectivity index is 1.40. The van der Waals surface area contributed by atoms with E-state index in [9.17, 15) is 32.4 Å². The number of ether oxygens (including phenoxy) is 2. The molecule has 14 nitrogen and oxygen atoms in total. The molecule has 1 aliphatic carbocycles. The van der Waals surface area contributed by atoms with Gasteiger partial charge in [-0.1, -0.05) is 62.6 Å². The van der Waals surface area contributed by atoms with E-state index in [1.54, 1.807) is 25.7 Å². The van der Waals surface area contributed by atoms with Gasteiger partial charge in [0.15, 0.2) is 0 Å². The lowest BCUT2D eigenvalue weighted by atomic mass is 10.0. The molecule has 3 aliphatic heterocycles. The number of hydrogen-bond donors (Lipinski definition) is 3. The van der Waals surface area contributed by atoms with E-state index in [1.165, 1.54) is 4.90 Å². The van der Waals surface area contributed by atoms with Gasteiger partial charge in [0.1, 0.15) is 29.3 Å². The summed E-state index contributed by atoms with van der Waals surface area (Å²) in [5.74, 6) is -2.73. The average Bonchev–Trinajstić information content (AvgIpc) is 3.61. The van der Waals surface area contributed by atoms with Gasteiger partial charge in [-0.05, 0) is 70.4 Å². The molecule has 1 aromatic rings. The molecule has 0 aromatic heterocycles. The van der Waals surface area contributed by atoms with Crippen molar-refractivity contribution >= 4 is 39.9 Å². The number of alkyl carbamates (subject to hydrolysis) is 1. The van der Waals surface area contributed by atoms with Crippen molar-refractivity contribution in [3.63, 3.8) is 0 Å². The standard InChI is InChI=1S/C37H53N5O9S/c1-5-6-20-52(48,49)40-33(45)37-22-27(37)16-10-8-7-9-11-17-29(38-34(46)51-36(2,3)4)32(44)42-24-28(21-30(42)31(43)39-37)50-35(47)41-19-18-25-14-12-13-15-26(25)23-41/h10,12-16,27-30H,5-9,11,17-24H2,1-4H3,(H,38,46)(H,39,43)(H,40,45)/b16-10-/t27-,28+,29-,30-,37+/m0/s1. The normalized spacial score (nSPS) is 27.4. The minimum absolute atomic E-state index is 0.0557. The number of amides is 5. The SMILES string of the molecule is CCCCS(=O)(=O)NC(=O)[C@@]12C[C@@H]1/C=C\CCCCC[C@H](NC(=O)OC(C)(C)C)C(=O)N1C[C@H](OC(=O)N3CCc4ccccc4C3)C[C@H]1C(=O)N2. The van der Waals surface area contributed by atoms with Gasteiger partial charge in [0.05, 0.1) is 12.3 Å². The fourth-order valence-electron chi connectivity index (χ4n) is 7.10. The Morgan fingerprint density at radius 3 is 2.56 bits per heavy atom. The average molecular weight is 744 g/mol. The Morgan fingerprint density at radius 1 is 1.08 bits per heavy atom. The second-order valence-corrected chi connectivity index (χ2v) is 17.2. The van der Waals surface area contributed by atoms with Gasteiger partial charge >= 0.3 is 12.2 Å². The molecule has 0 radical (unpaired) electrons. The molecule has 52 heavy (non-hydrogen) atoms. The van der Waals surface area contributed by atoms with E-state index in [-0.39, 0.29) is 31.6 Å². The molecule has 1 aromatic carbocycles. The molecular weight excluding hydrogens is 690 g/mol. The van der Waals surface area contributed by atoms with Crippen LogP contribution in [0.2, 0.25) is 0 Å². The number of benzene rings is 1. The number of fused-ring (bicyclic) bond motifs is 3. The lowest BCUT2D eigenvalue weighted by molar-refractivity contribution is -0.141. The predicted molar refractivity (Wildman–Crippen MR) is 192 cm³/mol. The fraction of sp³-hybridized carbons (Fsp3) is 0.649. The van der Waals surface area contributed by atoms with Crippen LogP contribution in [0, 0.1) is 5.92 Å². The summed E-state index contributed by atoms with van der Waals surface area (Å²) < 4.78 is 39.1. The summed E-state index contributed by atoms with van der Waals surface area (Å²) >= 11 is 0. The molecule has 1 saturated carbocycles. The quantitative estimate of drug-likeness (QED) is 0.351. The molecule has 5 amide bonds. The minimum atomic E-state index is -3.95. The van der Waals surface area contributed by atoms with Crippen LogP contribution in [-0.4, -0.2) is 96.3 Å². The summed E-state index contributed by atoms with van der Waals surface area (Å²) in [4.78, 5) is 71.4. The highest BCUT2D eigenvalue weighted by Gasteiger charge is 2.61. The second-order valence-electron chi connectivity index (χ2n) is 15.3. The number of allylic oxidation sites excluding steroid dienone is 1. The van der Waals surface area contributed by atoms with Crippen molar-refractivity contribution < 1.29 is 41.9 Å². The first-order chi connectivity index (χ1) is 24.6. The summed E-state index contributed by atoms with van der Waals surface area (Å²) in [6.07, 6.45) is 6.42. The third-order valence-corrected chi connectivity index (χ3v) is 11.3. The Hall–Kier alpha value is -4.14. The number of rotatable bonds is 7. The summed E-state index contributed by atoms with van der Waals surface area (Å²) in [7, 11) is -3.95. The zero-order chi connectivity index (χ0) is 37.7. The van der Waals surface area contributed by atoms with Gasteiger partial charge in [0.25, 0.3) is 5.91 Å². The number of hydrogen-bond acceptors (Lipinski definition) is 9.